The first-order chi connectivity index (χ1) is 16.9. The third-order valence-corrected chi connectivity index (χ3v) is 7.55. The van der Waals surface area contributed by atoms with Crippen LogP contribution in [0.4, 0.5) is 5.69 Å². The van der Waals surface area contributed by atoms with Gasteiger partial charge >= 0.3 is 5.97 Å². The van der Waals surface area contributed by atoms with E-state index in [9.17, 15) is 18.1 Å². The average molecular weight is 500 g/mol. The van der Waals surface area contributed by atoms with Crippen LogP contribution in [0.5, 0.6) is 0 Å². The molecule has 1 unspecified atom stereocenters. The Hall–Kier alpha value is -3.04. The van der Waals surface area contributed by atoms with Crippen LogP contribution in [-0.4, -0.2) is 31.6 Å². The molecule has 1 aliphatic rings. The molecule has 1 atom stereocenters. The molecule has 0 amide bonds. The molecule has 2 aromatic rings. The molecule has 8 nitrogen and oxygen atoms in total. The van der Waals surface area contributed by atoms with E-state index >= 15 is 0 Å². The highest BCUT2D eigenvalue weighted by atomic mass is 32.2. The minimum atomic E-state index is -3.94. The summed E-state index contributed by atoms with van der Waals surface area (Å²) in [6.07, 6.45) is 11.2. The largest absolute Gasteiger partial charge is 0.466 e. The van der Waals surface area contributed by atoms with Crippen molar-refractivity contribution in [2.75, 3.05) is 6.61 Å². The molecule has 35 heavy (non-hydrogen) atoms. The average Bonchev–Trinajstić information content (AvgIpc) is 3.12. The lowest BCUT2D eigenvalue weighted by atomic mass is 10.0. The number of sulfonamides is 1. The van der Waals surface area contributed by atoms with Gasteiger partial charge in [-0.3, -0.25) is 4.79 Å². The van der Waals surface area contributed by atoms with Crippen LogP contribution >= 0.6 is 0 Å². The van der Waals surface area contributed by atoms with Gasteiger partial charge in [-0.15, -0.1) is 4.91 Å². The number of aromatic nitrogens is 1. The van der Waals surface area contributed by atoms with Crippen LogP contribution < -0.4 is 15.3 Å². The van der Waals surface area contributed by atoms with Gasteiger partial charge in [0.05, 0.1) is 13.0 Å². The number of allylic oxidation sites excluding steroid dienone is 2. The quantitative estimate of drug-likeness (QED) is 0.399. The predicted molar refractivity (Wildman–Crippen MR) is 137 cm³/mol. The number of carbonyl (C=O) groups excluding carboxylic acids is 1. The third kappa shape index (κ3) is 6.15. The monoisotopic (exact) mass is 499 g/mol. The highest BCUT2D eigenvalue weighted by Crippen LogP contribution is 2.25. The molecule has 188 valence electrons. The highest BCUT2D eigenvalue weighted by molar-refractivity contribution is 7.89. The lowest BCUT2D eigenvalue weighted by molar-refractivity contribution is -0.142. The molecule has 9 heteroatoms. The van der Waals surface area contributed by atoms with E-state index in [2.05, 4.69) is 27.5 Å². The second kappa shape index (κ2) is 12.1. The number of nitrogens with one attached hydrogen (secondary N) is 1. The summed E-state index contributed by atoms with van der Waals surface area (Å²) in [5, 5.41) is 4.82. The van der Waals surface area contributed by atoms with Crippen LogP contribution in [0.1, 0.15) is 51.3 Å². The Labute approximate surface area is 206 Å². The Morgan fingerprint density at radius 2 is 2.06 bits per heavy atom. The fourth-order valence-corrected chi connectivity index (χ4v) is 5.85. The molecule has 1 aromatic carbocycles. The molecule has 1 aromatic heterocycles. The first kappa shape index (κ1) is 26.6. The molecule has 0 spiro atoms. The summed E-state index contributed by atoms with van der Waals surface area (Å²) in [5.74, 6) is -0.279. The van der Waals surface area contributed by atoms with E-state index in [1.807, 2.05) is 25.2 Å². The van der Waals surface area contributed by atoms with Crippen molar-refractivity contribution in [3.8, 4) is 0 Å². The lowest BCUT2D eigenvalue weighted by Gasteiger charge is -2.26. The van der Waals surface area contributed by atoms with Crippen LogP contribution in [0.3, 0.4) is 0 Å². The number of fused-ring (bicyclic) bond motifs is 1. The summed E-state index contributed by atoms with van der Waals surface area (Å²) in [6.45, 7) is 6.55. The second-order valence-electron chi connectivity index (χ2n) is 8.42. The van der Waals surface area contributed by atoms with Crippen molar-refractivity contribution in [3.63, 3.8) is 0 Å². The number of ether oxygens (including phenoxy) is 1. The number of rotatable bonds is 10. The van der Waals surface area contributed by atoms with Crippen molar-refractivity contribution in [3.05, 3.63) is 63.1 Å². The van der Waals surface area contributed by atoms with E-state index in [-0.39, 0.29) is 29.0 Å². The maximum Gasteiger partial charge on any atom is 0.310 e. The number of esters is 1. The van der Waals surface area contributed by atoms with Crippen molar-refractivity contribution in [2.24, 2.45) is 5.18 Å². The fourth-order valence-electron chi connectivity index (χ4n) is 4.45. The van der Waals surface area contributed by atoms with Gasteiger partial charge in [0, 0.05) is 28.8 Å². The number of benzene rings is 1. The van der Waals surface area contributed by atoms with E-state index in [0.29, 0.717) is 26.0 Å². The molecule has 0 aliphatic carbocycles. The summed E-state index contributed by atoms with van der Waals surface area (Å²) in [7, 11) is -3.94. The Bertz CT molecular complexity index is 1330. The number of hydrogen-bond acceptors (Lipinski definition) is 6. The summed E-state index contributed by atoms with van der Waals surface area (Å²) in [4.78, 5) is 23.4. The van der Waals surface area contributed by atoms with Crippen molar-refractivity contribution < 1.29 is 17.9 Å². The van der Waals surface area contributed by atoms with Gasteiger partial charge in [0.15, 0.2) is 0 Å². The number of unbranched alkanes of at least 4 members (excludes halogenated alkanes) is 1. The predicted octanol–water partition coefficient (Wildman–Crippen LogP) is 3.22. The van der Waals surface area contributed by atoms with E-state index < -0.39 is 10.0 Å². The molecular weight excluding hydrogens is 466 g/mol. The minimum Gasteiger partial charge on any atom is -0.466 e. The normalized spacial score (nSPS) is 17.1. The zero-order chi connectivity index (χ0) is 25.4. The fraction of sp³-hybridized carbons (Fsp3) is 0.423. The Kier molecular flexibility index (Phi) is 9.17. The molecule has 1 N–H and O–H groups in total. The molecule has 0 radical (unpaired) electrons. The van der Waals surface area contributed by atoms with Gasteiger partial charge in [-0.05, 0) is 56.0 Å². The van der Waals surface area contributed by atoms with Crippen LogP contribution in [0.2, 0.25) is 0 Å². The number of nitrogens with zero attached hydrogens (tertiary/aromatic N) is 2. The smallest absolute Gasteiger partial charge is 0.310 e. The SMILES string of the molecule is C\C=C/C=c1/c(CC(=O)OCC)c2n(/c1=C\CCC)CC(NS(=O)(=O)c1ccccc1N=O)CC2. The van der Waals surface area contributed by atoms with E-state index in [0.717, 1.165) is 34.7 Å². The van der Waals surface area contributed by atoms with Gasteiger partial charge in [-0.2, -0.15) is 0 Å². The third-order valence-electron chi connectivity index (χ3n) is 5.98. The zero-order valence-electron chi connectivity index (χ0n) is 20.5. The first-order valence-electron chi connectivity index (χ1n) is 12.0. The van der Waals surface area contributed by atoms with Gasteiger partial charge in [-0.25, -0.2) is 13.1 Å². The van der Waals surface area contributed by atoms with E-state index in [1.54, 1.807) is 19.1 Å². The molecule has 0 saturated carbocycles. The Balaban J connectivity index is 2.05. The molecule has 0 fully saturated rings. The second-order valence-corrected chi connectivity index (χ2v) is 10.1. The van der Waals surface area contributed by atoms with Gasteiger partial charge < -0.3 is 9.30 Å². The Morgan fingerprint density at radius 1 is 1.29 bits per heavy atom. The number of hydrogen-bond donors (Lipinski definition) is 1. The van der Waals surface area contributed by atoms with Crippen molar-refractivity contribution in [2.45, 2.75) is 70.4 Å². The van der Waals surface area contributed by atoms with Crippen LogP contribution in [0.15, 0.2) is 46.5 Å². The number of carbonyl (C=O) groups is 1. The van der Waals surface area contributed by atoms with Gasteiger partial charge in [0.25, 0.3) is 0 Å². The molecule has 0 bridgehead atoms. The molecule has 0 saturated heterocycles. The molecular formula is C26H33N3O5S. The van der Waals surface area contributed by atoms with E-state index in [1.165, 1.54) is 12.1 Å². The molecule has 2 heterocycles. The van der Waals surface area contributed by atoms with Crippen molar-refractivity contribution in [1.29, 1.82) is 0 Å². The zero-order valence-corrected chi connectivity index (χ0v) is 21.3. The summed E-state index contributed by atoms with van der Waals surface area (Å²) < 4.78 is 36.3. The van der Waals surface area contributed by atoms with Crippen LogP contribution in [0, 0.1) is 4.91 Å². The maximum atomic E-state index is 13.1. The van der Waals surface area contributed by atoms with Crippen LogP contribution in [-0.2, 0) is 38.9 Å². The van der Waals surface area contributed by atoms with Crippen molar-refractivity contribution >= 4 is 33.8 Å². The van der Waals surface area contributed by atoms with Gasteiger partial charge in [-0.1, -0.05) is 49.8 Å². The topological polar surface area (TPSA) is 107 Å². The van der Waals surface area contributed by atoms with Crippen molar-refractivity contribution in [1.82, 2.24) is 9.29 Å². The summed E-state index contributed by atoms with van der Waals surface area (Å²) in [6, 6.07) is 5.53. The lowest BCUT2D eigenvalue weighted by Crippen LogP contribution is -2.44. The maximum absolute atomic E-state index is 13.1. The summed E-state index contributed by atoms with van der Waals surface area (Å²) in [5.41, 5.74) is 1.84. The van der Waals surface area contributed by atoms with E-state index in [4.69, 9.17) is 4.74 Å². The summed E-state index contributed by atoms with van der Waals surface area (Å²) >= 11 is 0. The van der Waals surface area contributed by atoms with Gasteiger partial charge in [0.2, 0.25) is 10.0 Å². The van der Waals surface area contributed by atoms with Crippen LogP contribution in [0.25, 0.3) is 12.2 Å². The molecule has 1 aliphatic heterocycles. The Morgan fingerprint density at radius 3 is 2.74 bits per heavy atom. The molecule has 3 rings (SSSR count). The number of nitroso groups, excluding NO2 is 1. The minimum absolute atomic E-state index is 0.116. The van der Waals surface area contributed by atoms with Gasteiger partial charge in [0.1, 0.15) is 10.6 Å². The highest BCUT2D eigenvalue weighted by Gasteiger charge is 2.29. The first-order valence-corrected chi connectivity index (χ1v) is 13.5. The standard InChI is InChI=1S/C26H33N3O5S/c1-4-7-11-20-21(17-26(30)34-6-3)24-16-15-19(18-29(24)23(20)13-8-5-2)28-35(32,33)25-14-10-9-12-22(25)27-31/h4,7,9-14,19,28H,5-6,8,15-18H2,1-3H3/b7-4-,20-11-,23-13-.